The second kappa shape index (κ2) is 6.46. The molecule has 0 aliphatic heterocycles. The zero-order valence-electron chi connectivity index (χ0n) is 6.36. The summed E-state index contributed by atoms with van der Waals surface area (Å²) in [5.74, 6) is 0. The highest BCUT2D eigenvalue weighted by molar-refractivity contribution is 5.85. The van der Waals surface area contributed by atoms with Crippen LogP contribution in [0.25, 0.3) is 0 Å². The van der Waals surface area contributed by atoms with Gasteiger partial charge in [-0.1, -0.05) is 0 Å². The number of imidazole rings is 1. The van der Waals surface area contributed by atoms with Gasteiger partial charge in [0.15, 0.2) is 0 Å². The molecule has 5 heteroatoms. The average molecular weight is 198 g/mol. The average Bonchev–Trinajstić information content (AvgIpc) is 2.17. The van der Waals surface area contributed by atoms with Crippen molar-refractivity contribution in [2.45, 2.75) is 6.42 Å². The fraction of sp³-hybridized carbons (Fsp3) is 0.500. The maximum atomic E-state index is 5.32. The van der Waals surface area contributed by atoms with Crippen LogP contribution in [0.1, 0.15) is 5.69 Å². The molecule has 1 rings (SSSR count). The van der Waals surface area contributed by atoms with Crippen molar-refractivity contribution in [2.24, 2.45) is 12.8 Å². The van der Waals surface area contributed by atoms with Gasteiger partial charge in [-0.2, -0.15) is 0 Å². The Morgan fingerprint density at radius 3 is 2.55 bits per heavy atom. The molecule has 1 heterocycles. The standard InChI is InChI=1S/C6H11N3.2ClH/c1-9-4-6(2-3-7)8-5-9;;/h4-5H,2-3,7H2,1H3;2*1H. The van der Waals surface area contributed by atoms with Crippen LogP contribution in [-0.2, 0) is 13.5 Å². The molecule has 0 fully saturated rings. The molecule has 2 N–H and O–H groups in total. The quantitative estimate of drug-likeness (QED) is 0.762. The highest BCUT2D eigenvalue weighted by atomic mass is 35.5. The summed E-state index contributed by atoms with van der Waals surface area (Å²) in [6, 6.07) is 0. The third kappa shape index (κ3) is 4.24. The number of rotatable bonds is 2. The van der Waals surface area contributed by atoms with E-state index < -0.39 is 0 Å². The van der Waals surface area contributed by atoms with Gasteiger partial charge in [0, 0.05) is 19.7 Å². The first-order valence-corrected chi connectivity index (χ1v) is 3.00. The van der Waals surface area contributed by atoms with Crippen LogP contribution in [0, 0.1) is 0 Å². The fourth-order valence-electron chi connectivity index (χ4n) is 0.744. The number of nitrogens with two attached hydrogens (primary N) is 1. The van der Waals surface area contributed by atoms with E-state index in [1.165, 1.54) is 0 Å². The molecule has 66 valence electrons. The van der Waals surface area contributed by atoms with Crippen molar-refractivity contribution >= 4 is 24.8 Å². The van der Waals surface area contributed by atoms with Gasteiger partial charge in [-0.25, -0.2) is 4.98 Å². The normalized spacial score (nSPS) is 8.18. The Labute approximate surface area is 78.8 Å². The smallest absolute Gasteiger partial charge is 0.0946 e. The molecule has 0 unspecified atom stereocenters. The summed E-state index contributed by atoms with van der Waals surface area (Å²) in [5, 5.41) is 0. The molecule has 0 radical (unpaired) electrons. The largest absolute Gasteiger partial charge is 0.340 e. The third-order valence-electron chi connectivity index (χ3n) is 1.16. The fourth-order valence-corrected chi connectivity index (χ4v) is 0.744. The topological polar surface area (TPSA) is 43.8 Å². The minimum atomic E-state index is 0. The van der Waals surface area contributed by atoms with Gasteiger partial charge in [0.05, 0.1) is 12.0 Å². The van der Waals surface area contributed by atoms with E-state index in [0.29, 0.717) is 6.54 Å². The van der Waals surface area contributed by atoms with Crippen LogP contribution in [0.4, 0.5) is 0 Å². The third-order valence-corrected chi connectivity index (χ3v) is 1.16. The zero-order valence-corrected chi connectivity index (χ0v) is 7.99. The highest BCUT2D eigenvalue weighted by Crippen LogP contribution is 1.92. The molecule has 0 amide bonds. The zero-order chi connectivity index (χ0) is 6.69. The first kappa shape index (κ1) is 13.3. The van der Waals surface area contributed by atoms with Crippen molar-refractivity contribution in [2.75, 3.05) is 6.54 Å². The summed E-state index contributed by atoms with van der Waals surface area (Å²) in [7, 11) is 1.95. The summed E-state index contributed by atoms with van der Waals surface area (Å²) in [5.41, 5.74) is 6.39. The van der Waals surface area contributed by atoms with Gasteiger partial charge in [0.1, 0.15) is 0 Å². The SMILES string of the molecule is Cl.Cl.Cn1cnc(CCN)c1. The minimum absolute atomic E-state index is 0. The summed E-state index contributed by atoms with van der Waals surface area (Å²) in [6.07, 6.45) is 4.64. The van der Waals surface area contributed by atoms with Crippen LogP contribution >= 0.6 is 24.8 Å². The van der Waals surface area contributed by atoms with E-state index in [0.717, 1.165) is 12.1 Å². The number of hydrogen-bond acceptors (Lipinski definition) is 2. The van der Waals surface area contributed by atoms with Crippen molar-refractivity contribution in [1.29, 1.82) is 0 Å². The molecule has 0 aliphatic carbocycles. The van der Waals surface area contributed by atoms with Crippen LogP contribution in [0.3, 0.4) is 0 Å². The minimum Gasteiger partial charge on any atom is -0.340 e. The van der Waals surface area contributed by atoms with Crippen LogP contribution in [0.2, 0.25) is 0 Å². The molecule has 0 spiro atoms. The summed E-state index contributed by atoms with van der Waals surface area (Å²) < 4.78 is 1.92. The van der Waals surface area contributed by atoms with Gasteiger partial charge in [-0.05, 0) is 6.54 Å². The van der Waals surface area contributed by atoms with Crippen molar-refractivity contribution in [1.82, 2.24) is 9.55 Å². The Morgan fingerprint density at radius 2 is 2.18 bits per heavy atom. The van der Waals surface area contributed by atoms with Crippen LogP contribution in [0.5, 0.6) is 0 Å². The second-order valence-electron chi connectivity index (χ2n) is 2.07. The van der Waals surface area contributed by atoms with Gasteiger partial charge in [-0.3, -0.25) is 0 Å². The van der Waals surface area contributed by atoms with E-state index in [-0.39, 0.29) is 24.8 Å². The molecule has 0 saturated carbocycles. The Kier molecular flexibility index (Phi) is 7.84. The van der Waals surface area contributed by atoms with Crippen molar-refractivity contribution < 1.29 is 0 Å². The molecular weight excluding hydrogens is 185 g/mol. The first-order valence-electron chi connectivity index (χ1n) is 3.00. The van der Waals surface area contributed by atoms with E-state index in [2.05, 4.69) is 4.98 Å². The van der Waals surface area contributed by atoms with Crippen LogP contribution in [0.15, 0.2) is 12.5 Å². The van der Waals surface area contributed by atoms with Gasteiger partial charge in [-0.15, -0.1) is 24.8 Å². The van der Waals surface area contributed by atoms with Crippen LogP contribution < -0.4 is 5.73 Å². The van der Waals surface area contributed by atoms with E-state index in [9.17, 15) is 0 Å². The molecule has 0 aromatic carbocycles. The Balaban J connectivity index is 0. The summed E-state index contributed by atoms with van der Waals surface area (Å²) in [6.45, 7) is 0.678. The molecule has 3 nitrogen and oxygen atoms in total. The van der Waals surface area contributed by atoms with Crippen molar-refractivity contribution in [3.05, 3.63) is 18.2 Å². The molecule has 0 atom stereocenters. The molecule has 0 saturated heterocycles. The maximum Gasteiger partial charge on any atom is 0.0946 e. The van der Waals surface area contributed by atoms with Gasteiger partial charge >= 0.3 is 0 Å². The Bertz CT molecular complexity index is 188. The lowest BCUT2D eigenvalue weighted by Gasteiger charge is -1.86. The number of aromatic nitrogens is 2. The lowest BCUT2D eigenvalue weighted by Crippen LogP contribution is -2.02. The predicted octanol–water partition coefficient (Wildman–Crippen LogP) is 0.765. The van der Waals surface area contributed by atoms with E-state index in [1.54, 1.807) is 6.33 Å². The summed E-state index contributed by atoms with van der Waals surface area (Å²) >= 11 is 0. The van der Waals surface area contributed by atoms with Gasteiger partial charge in [0.2, 0.25) is 0 Å². The molecule has 0 bridgehead atoms. The van der Waals surface area contributed by atoms with Crippen molar-refractivity contribution in [3.8, 4) is 0 Å². The molecule has 0 aliphatic rings. The second-order valence-corrected chi connectivity index (χ2v) is 2.07. The molecule has 11 heavy (non-hydrogen) atoms. The van der Waals surface area contributed by atoms with Crippen molar-refractivity contribution in [3.63, 3.8) is 0 Å². The lowest BCUT2D eigenvalue weighted by atomic mass is 10.3. The van der Waals surface area contributed by atoms with E-state index in [4.69, 9.17) is 5.73 Å². The maximum absolute atomic E-state index is 5.32. The number of aryl methyl sites for hydroxylation is 1. The molecule has 1 aromatic rings. The van der Waals surface area contributed by atoms with E-state index >= 15 is 0 Å². The Morgan fingerprint density at radius 1 is 1.55 bits per heavy atom. The molecular formula is C6H13Cl2N3. The lowest BCUT2D eigenvalue weighted by molar-refractivity contribution is 0.906. The van der Waals surface area contributed by atoms with E-state index in [1.807, 2.05) is 17.8 Å². The molecule has 1 aromatic heterocycles. The first-order chi connectivity index (χ1) is 4.33. The van der Waals surface area contributed by atoms with Gasteiger partial charge in [0.25, 0.3) is 0 Å². The van der Waals surface area contributed by atoms with Gasteiger partial charge < -0.3 is 10.3 Å². The predicted molar refractivity (Wildman–Crippen MR) is 50.5 cm³/mol. The number of hydrogen-bond donors (Lipinski definition) is 1. The number of nitrogens with zero attached hydrogens (tertiary/aromatic N) is 2. The van der Waals surface area contributed by atoms with Crippen LogP contribution in [-0.4, -0.2) is 16.1 Å². The monoisotopic (exact) mass is 197 g/mol. The summed E-state index contributed by atoms with van der Waals surface area (Å²) in [4.78, 5) is 4.09. The highest BCUT2D eigenvalue weighted by Gasteiger charge is 1.91. The Hall–Kier alpha value is -0.250. The number of halogens is 2.